The Bertz CT molecular complexity index is 281. The van der Waals surface area contributed by atoms with Crippen LogP contribution in [0.5, 0.6) is 0 Å². The molecule has 0 bridgehead atoms. The minimum Gasteiger partial charge on any atom is -0.349 e. The molecule has 70 valence electrons. The number of pyridine rings is 1. The first kappa shape index (κ1) is 9.67. The number of hydrogen-bond donors (Lipinski definition) is 2. The molecule has 0 saturated heterocycles. The van der Waals surface area contributed by atoms with Gasteiger partial charge in [-0.3, -0.25) is 9.78 Å². The van der Waals surface area contributed by atoms with Gasteiger partial charge < -0.3 is 11.1 Å². The predicted molar refractivity (Wildman–Crippen MR) is 50.4 cm³/mol. The van der Waals surface area contributed by atoms with E-state index in [1.807, 2.05) is 13.0 Å². The monoisotopic (exact) mass is 179 g/mol. The summed E-state index contributed by atoms with van der Waals surface area (Å²) >= 11 is 0. The van der Waals surface area contributed by atoms with Gasteiger partial charge in [0.15, 0.2) is 0 Å². The van der Waals surface area contributed by atoms with E-state index in [0.717, 1.165) is 5.56 Å². The van der Waals surface area contributed by atoms with Crippen molar-refractivity contribution in [1.82, 2.24) is 10.3 Å². The van der Waals surface area contributed by atoms with E-state index in [2.05, 4.69) is 10.3 Å². The van der Waals surface area contributed by atoms with Gasteiger partial charge in [0.1, 0.15) is 5.69 Å². The van der Waals surface area contributed by atoms with E-state index in [4.69, 9.17) is 5.73 Å². The fraction of sp³-hybridized carbons (Fsp3) is 0.333. The molecule has 1 aromatic heterocycles. The van der Waals surface area contributed by atoms with Crippen molar-refractivity contribution >= 4 is 5.91 Å². The maximum absolute atomic E-state index is 11.3. The van der Waals surface area contributed by atoms with Crippen LogP contribution < -0.4 is 11.1 Å². The number of carbonyl (C=O) groups is 1. The zero-order valence-corrected chi connectivity index (χ0v) is 7.58. The molecule has 1 heterocycles. The summed E-state index contributed by atoms with van der Waals surface area (Å²) < 4.78 is 0. The molecule has 1 amide bonds. The molecule has 0 spiro atoms. The lowest BCUT2D eigenvalue weighted by molar-refractivity contribution is 0.0950. The Morgan fingerprint density at radius 2 is 2.38 bits per heavy atom. The van der Waals surface area contributed by atoms with Gasteiger partial charge in [-0.25, -0.2) is 0 Å². The number of rotatable bonds is 3. The standard InChI is InChI=1S/C9H13N3O/c1-7-2-3-8(12-6-7)9(13)11-5-4-10/h2-3,6H,4-5,10H2,1H3,(H,11,13). The highest BCUT2D eigenvalue weighted by atomic mass is 16.1. The van der Waals surface area contributed by atoms with Crippen molar-refractivity contribution in [3.05, 3.63) is 29.6 Å². The number of hydrogen-bond acceptors (Lipinski definition) is 3. The van der Waals surface area contributed by atoms with Gasteiger partial charge in [-0.1, -0.05) is 6.07 Å². The van der Waals surface area contributed by atoms with Crippen LogP contribution in [0.15, 0.2) is 18.3 Å². The molecule has 1 rings (SSSR count). The van der Waals surface area contributed by atoms with Gasteiger partial charge in [0.2, 0.25) is 0 Å². The second kappa shape index (κ2) is 4.57. The van der Waals surface area contributed by atoms with E-state index >= 15 is 0 Å². The average Bonchev–Trinajstić information content (AvgIpc) is 2.15. The lowest BCUT2D eigenvalue weighted by atomic mass is 10.2. The Labute approximate surface area is 77.2 Å². The third kappa shape index (κ3) is 2.83. The van der Waals surface area contributed by atoms with Crippen LogP contribution in [0.1, 0.15) is 16.1 Å². The number of nitrogens with two attached hydrogens (primary N) is 1. The van der Waals surface area contributed by atoms with Crippen molar-refractivity contribution in [2.45, 2.75) is 6.92 Å². The molecule has 0 aliphatic carbocycles. The first-order valence-electron chi connectivity index (χ1n) is 4.15. The van der Waals surface area contributed by atoms with E-state index in [-0.39, 0.29) is 5.91 Å². The molecule has 0 radical (unpaired) electrons. The third-order valence-corrected chi connectivity index (χ3v) is 1.57. The molecule has 3 N–H and O–H groups in total. The van der Waals surface area contributed by atoms with Crippen LogP contribution in [0.3, 0.4) is 0 Å². The maximum Gasteiger partial charge on any atom is 0.269 e. The highest BCUT2D eigenvalue weighted by molar-refractivity contribution is 5.92. The van der Waals surface area contributed by atoms with Crippen molar-refractivity contribution in [2.24, 2.45) is 5.73 Å². The van der Waals surface area contributed by atoms with E-state index < -0.39 is 0 Å². The van der Waals surface area contributed by atoms with Crippen LogP contribution in [-0.2, 0) is 0 Å². The fourth-order valence-corrected chi connectivity index (χ4v) is 0.878. The van der Waals surface area contributed by atoms with Gasteiger partial charge in [0.25, 0.3) is 5.91 Å². The summed E-state index contributed by atoms with van der Waals surface area (Å²) in [6, 6.07) is 3.55. The minimum absolute atomic E-state index is 0.176. The van der Waals surface area contributed by atoms with Crippen LogP contribution in [0.2, 0.25) is 0 Å². The summed E-state index contributed by atoms with van der Waals surface area (Å²) in [5.41, 5.74) is 6.71. The molecular weight excluding hydrogens is 166 g/mol. The van der Waals surface area contributed by atoms with E-state index in [1.165, 1.54) is 0 Å². The maximum atomic E-state index is 11.3. The number of amides is 1. The SMILES string of the molecule is Cc1ccc(C(=O)NCCN)nc1. The first-order chi connectivity index (χ1) is 6.24. The molecule has 0 saturated carbocycles. The normalized spacial score (nSPS) is 9.69. The Kier molecular flexibility index (Phi) is 3.40. The van der Waals surface area contributed by atoms with Crippen molar-refractivity contribution in [3.8, 4) is 0 Å². The Morgan fingerprint density at radius 3 is 2.92 bits per heavy atom. The molecule has 0 aliphatic rings. The lowest BCUT2D eigenvalue weighted by Crippen LogP contribution is -2.29. The zero-order valence-electron chi connectivity index (χ0n) is 7.58. The van der Waals surface area contributed by atoms with Crippen LogP contribution in [0, 0.1) is 6.92 Å². The molecule has 1 aromatic rings. The molecule has 4 nitrogen and oxygen atoms in total. The van der Waals surface area contributed by atoms with Gasteiger partial charge in [-0.05, 0) is 18.6 Å². The van der Waals surface area contributed by atoms with E-state index in [0.29, 0.717) is 18.8 Å². The van der Waals surface area contributed by atoms with Crippen molar-refractivity contribution in [3.63, 3.8) is 0 Å². The topological polar surface area (TPSA) is 68.0 Å². The van der Waals surface area contributed by atoms with Gasteiger partial charge in [-0.2, -0.15) is 0 Å². The largest absolute Gasteiger partial charge is 0.349 e. The number of nitrogens with zero attached hydrogens (tertiary/aromatic N) is 1. The van der Waals surface area contributed by atoms with Crippen LogP contribution in [0.25, 0.3) is 0 Å². The summed E-state index contributed by atoms with van der Waals surface area (Å²) in [6.45, 7) is 2.85. The van der Waals surface area contributed by atoms with Crippen molar-refractivity contribution in [1.29, 1.82) is 0 Å². The molecular formula is C9H13N3O. The number of aromatic nitrogens is 1. The van der Waals surface area contributed by atoms with Crippen LogP contribution in [0.4, 0.5) is 0 Å². The number of nitrogens with one attached hydrogen (secondary N) is 1. The predicted octanol–water partition coefficient (Wildman–Crippen LogP) is 0.0785. The molecule has 0 aromatic carbocycles. The molecule has 0 unspecified atom stereocenters. The average molecular weight is 179 g/mol. The van der Waals surface area contributed by atoms with Gasteiger partial charge in [-0.15, -0.1) is 0 Å². The molecule has 0 atom stereocenters. The van der Waals surface area contributed by atoms with E-state index in [9.17, 15) is 4.79 Å². The minimum atomic E-state index is -0.176. The Balaban J connectivity index is 2.61. The number of aryl methyl sites for hydroxylation is 1. The lowest BCUT2D eigenvalue weighted by Gasteiger charge is -2.01. The zero-order chi connectivity index (χ0) is 9.68. The second-order valence-electron chi connectivity index (χ2n) is 2.77. The van der Waals surface area contributed by atoms with E-state index in [1.54, 1.807) is 12.3 Å². The van der Waals surface area contributed by atoms with Crippen molar-refractivity contribution in [2.75, 3.05) is 13.1 Å². The molecule has 0 fully saturated rings. The Morgan fingerprint density at radius 1 is 1.62 bits per heavy atom. The quantitative estimate of drug-likeness (QED) is 0.690. The molecule has 13 heavy (non-hydrogen) atoms. The third-order valence-electron chi connectivity index (χ3n) is 1.57. The smallest absolute Gasteiger partial charge is 0.269 e. The Hall–Kier alpha value is -1.42. The summed E-state index contributed by atoms with van der Waals surface area (Å²) in [5, 5.41) is 2.64. The molecule has 0 aliphatic heterocycles. The summed E-state index contributed by atoms with van der Waals surface area (Å²) in [6.07, 6.45) is 1.66. The fourth-order valence-electron chi connectivity index (χ4n) is 0.878. The van der Waals surface area contributed by atoms with Gasteiger partial charge in [0, 0.05) is 19.3 Å². The highest BCUT2D eigenvalue weighted by Crippen LogP contribution is 1.97. The van der Waals surface area contributed by atoms with Gasteiger partial charge >= 0.3 is 0 Å². The summed E-state index contributed by atoms with van der Waals surface area (Å²) in [7, 11) is 0. The van der Waals surface area contributed by atoms with Crippen molar-refractivity contribution < 1.29 is 4.79 Å². The molecule has 4 heteroatoms. The second-order valence-corrected chi connectivity index (χ2v) is 2.77. The number of carbonyl (C=O) groups excluding carboxylic acids is 1. The summed E-state index contributed by atoms with van der Waals surface area (Å²) in [5.74, 6) is -0.176. The van der Waals surface area contributed by atoms with Gasteiger partial charge in [0.05, 0.1) is 0 Å². The van der Waals surface area contributed by atoms with Crippen LogP contribution in [-0.4, -0.2) is 24.0 Å². The summed E-state index contributed by atoms with van der Waals surface area (Å²) in [4.78, 5) is 15.3. The van der Waals surface area contributed by atoms with Crippen LogP contribution >= 0.6 is 0 Å². The first-order valence-corrected chi connectivity index (χ1v) is 4.15. The highest BCUT2D eigenvalue weighted by Gasteiger charge is 2.03.